The molecule has 0 spiro atoms. The number of aryl methyl sites for hydroxylation is 1. The maximum Gasteiger partial charge on any atom is 0.244 e. The summed E-state index contributed by atoms with van der Waals surface area (Å²) in [5.41, 5.74) is 2.46. The van der Waals surface area contributed by atoms with Crippen molar-refractivity contribution in [3.05, 3.63) is 65.7 Å². The van der Waals surface area contributed by atoms with E-state index in [2.05, 4.69) is 5.32 Å². The third-order valence-corrected chi connectivity index (χ3v) is 5.28. The van der Waals surface area contributed by atoms with E-state index in [0.29, 0.717) is 5.69 Å². The van der Waals surface area contributed by atoms with Crippen molar-refractivity contribution in [1.82, 2.24) is 5.32 Å². The fraction of sp³-hybridized carbons (Fsp3) is 0.316. The molecule has 0 saturated carbocycles. The molecular formula is C19H24N2O3S. The normalized spacial score (nSPS) is 13.8. The lowest BCUT2D eigenvalue weighted by atomic mass is 10.1. The van der Waals surface area contributed by atoms with Crippen LogP contribution in [0.3, 0.4) is 0 Å². The minimum Gasteiger partial charge on any atom is -0.348 e. The maximum absolute atomic E-state index is 12.6. The van der Waals surface area contributed by atoms with Gasteiger partial charge in [0.25, 0.3) is 0 Å². The number of carbonyl (C=O) groups is 1. The molecular weight excluding hydrogens is 336 g/mol. The molecule has 6 heteroatoms. The smallest absolute Gasteiger partial charge is 0.244 e. The zero-order valence-corrected chi connectivity index (χ0v) is 15.7. The zero-order chi connectivity index (χ0) is 18.6. The second-order valence-electron chi connectivity index (χ2n) is 6.21. The van der Waals surface area contributed by atoms with E-state index < -0.39 is 16.1 Å². The third kappa shape index (κ3) is 4.82. The average Bonchev–Trinajstić information content (AvgIpc) is 2.56. The fourth-order valence-corrected chi connectivity index (χ4v) is 3.83. The minimum absolute atomic E-state index is 0.212. The molecule has 1 N–H and O–H groups in total. The molecule has 2 rings (SSSR count). The predicted molar refractivity (Wildman–Crippen MR) is 101 cm³/mol. The van der Waals surface area contributed by atoms with Gasteiger partial charge in [-0.15, -0.1) is 0 Å². The first-order valence-corrected chi connectivity index (χ1v) is 9.96. The molecule has 0 radical (unpaired) electrons. The van der Waals surface area contributed by atoms with Crippen LogP contribution in [0.4, 0.5) is 5.69 Å². The monoisotopic (exact) mass is 360 g/mol. The van der Waals surface area contributed by atoms with Crippen molar-refractivity contribution < 1.29 is 13.2 Å². The Morgan fingerprint density at radius 1 is 1.00 bits per heavy atom. The Kier molecular flexibility index (Phi) is 5.85. The molecule has 0 aromatic heterocycles. The molecule has 0 bridgehead atoms. The number of hydrogen-bond acceptors (Lipinski definition) is 3. The Hall–Kier alpha value is -2.34. The number of amides is 1. The van der Waals surface area contributed by atoms with Crippen LogP contribution in [-0.2, 0) is 14.8 Å². The number of hydrogen-bond donors (Lipinski definition) is 1. The zero-order valence-electron chi connectivity index (χ0n) is 14.9. The van der Waals surface area contributed by atoms with Crippen LogP contribution >= 0.6 is 0 Å². The number of rotatable bonds is 6. The van der Waals surface area contributed by atoms with Gasteiger partial charge in [0.05, 0.1) is 18.0 Å². The number of carbonyl (C=O) groups excluding carboxylic acids is 1. The average molecular weight is 360 g/mol. The van der Waals surface area contributed by atoms with E-state index in [9.17, 15) is 13.2 Å². The Morgan fingerprint density at radius 3 is 2.08 bits per heavy atom. The molecule has 2 atom stereocenters. The molecule has 2 aromatic carbocycles. The second kappa shape index (κ2) is 7.70. The van der Waals surface area contributed by atoms with Gasteiger partial charge in [0, 0.05) is 0 Å². The van der Waals surface area contributed by atoms with E-state index in [1.807, 2.05) is 56.3 Å². The molecule has 1 amide bonds. The van der Waals surface area contributed by atoms with Crippen LogP contribution < -0.4 is 9.62 Å². The largest absolute Gasteiger partial charge is 0.348 e. The van der Waals surface area contributed by atoms with E-state index >= 15 is 0 Å². The summed E-state index contributed by atoms with van der Waals surface area (Å²) in [4.78, 5) is 12.6. The predicted octanol–water partition coefficient (Wildman–Crippen LogP) is 3.03. The highest BCUT2D eigenvalue weighted by atomic mass is 32.2. The van der Waals surface area contributed by atoms with Crippen molar-refractivity contribution in [2.24, 2.45) is 0 Å². The molecule has 25 heavy (non-hydrogen) atoms. The Morgan fingerprint density at radius 2 is 1.56 bits per heavy atom. The van der Waals surface area contributed by atoms with Gasteiger partial charge < -0.3 is 5.32 Å². The molecule has 0 aliphatic rings. The molecule has 0 aliphatic heterocycles. The Labute approximate surface area is 149 Å². The summed E-state index contributed by atoms with van der Waals surface area (Å²) in [6, 6.07) is 15.5. The summed E-state index contributed by atoms with van der Waals surface area (Å²) in [7, 11) is -3.60. The van der Waals surface area contributed by atoms with Crippen molar-refractivity contribution in [3.8, 4) is 0 Å². The third-order valence-electron chi connectivity index (χ3n) is 4.04. The minimum atomic E-state index is -3.60. The van der Waals surface area contributed by atoms with Gasteiger partial charge in [-0.2, -0.15) is 0 Å². The van der Waals surface area contributed by atoms with Gasteiger partial charge in [0.1, 0.15) is 6.04 Å². The number of nitrogens with zero attached hydrogens (tertiary/aromatic N) is 1. The van der Waals surface area contributed by atoms with Gasteiger partial charge in [-0.1, -0.05) is 48.0 Å². The highest BCUT2D eigenvalue weighted by molar-refractivity contribution is 7.92. The van der Waals surface area contributed by atoms with E-state index in [1.165, 1.54) is 0 Å². The first kappa shape index (κ1) is 19.0. The van der Waals surface area contributed by atoms with Crippen molar-refractivity contribution in [2.45, 2.75) is 32.9 Å². The van der Waals surface area contributed by atoms with E-state index in [4.69, 9.17) is 0 Å². The maximum atomic E-state index is 12.6. The van der Waals surface area contributed by atoms with Crippen LogP contribution in [0.2, 0.25) is 0 Å². The molecule has 0 fully saturated rings. The van der Waals surface area contributed by atoms with Gasteiger partial charge in [-0.05, 0) is 38.5 Å². The van der Waals surface area contributed by atoms with Crippen LogP contribution in [-0.4, -0.2) is 26.6 Å². The summed E-state index contributed by atoms with van der Waals surface area (Å²) >= 11 is 0. The summed E-state index contributed by atoms with van der Waals surface area (Å²) in [5, 5.41) is 2.88. The van der Waals surface area contributed by atoms with E-state index in [0.717, 1.165) is 21.7 Å². The number of benzene rings is 2. The van der Waals surface area contributed by atoms with Gasteiger partial charge >= 0.3 is 0 Å². The van der Waals surface area contributed by atoms with Crippen molar-refractivity contribution in [1.29, 1.82) is 0 Å². The van der Waals surface area contributed by atoms with Crippen LogP contribution in [0.25, 0.3) is 0 Å². The molecule has 2 aromatic rings. The van der Waals surface area contributed by atoms with Gasteiger partial charge in [-0.3, -0.25) is 9.10 Å². The molecule has 0 aliphatic carbocycles. The van der Waals surface area contributed by atoms with E-state index in [-0.39, 0.29) is 11.9 Å². The van der Waals surface area contributed by atoms with Crippen LogP contribution in [0, 0.1) is 6.92 Å². The fourth-order valence-electron chi connectivity index (χ4n) is 2.66. The number of sulfonamides is 1. The van der Waals surface area contributed by atoms with Gasteiger partial charge in [-0.25, -0.2) is 8.42 Å². The van der Waals surface area contributed by atoms with Gasteiger partial charge in [0.2, 0.25) is 15.9 Å². The van der Waals surface area contributed by atoms with Crippen LogP contribution in [0.1, 0.15) is 31.0 Å². The molecule has 5 nitrogen and oxygen atoms in total. The number of nitrogens with one attached hydrogen (secondary N) is 1. The molecule has 0 saturated heterocycles. The van der Waals surface area contributed by atoms with Crippen LogP contribution in [0.15, 0.2) is 54.6 Å². The first-order valence-electron chi connectivity index (χ1n) is 8.11. The summed E-state index contributed by atoms with van der Waals surface area (Å²) in [6.07, 6.45) is 1.11. The lowest BCUT2D eigenvalue weighted by molar-refractivity contribution is -0.122. The lowest BCUT2D eigenvalue weighted by Gasteiger charge is -2.29. The summed E-state index contributed by atoms with van der Waals surface area (Å²) in [6.45, 7) is 5.39. The summed E-state index contributed by atoms with van der Waals surface area (Å²) in [5.74, 6) is -0.345. The topological polar surface area (TPSA) is 66.5 Å². The van der Waals surface area contributed by atoms with Crippen molar-refractivity contribution in [3.63, 3.8) is 0 Å². The quantitative estimate of drug-likeness (QED) is 0.861. The van der Waals surface area contributed by atoms with Crippen molar-refractivity contribution >= 4 is 21.6 Å². The summed E-state index contributed by atoms with van der Waals surface area (Å²) < 4.78 is 25.7. The lowest BCUT2D eigenvalue weighted by Crippen LogP contribution is -2.48. The highest BCUT2D eigenvalue weighted by Gasteiger charge is 2.29. The Balaban J connectivity index is 2.23. The van der Waals surface area contributed by atoms with E-state index in [1.54, 1.807) is 19.1 Å². The van der Waals surface area contributed by atoms with Crippen molar-refractivity contribution in [2.75, 3.05) is 10.6 Å². The molecule has 134 valence electrons. The standard InChI is InChI=1S/C19H24N2O3S/c1-14-10-12-18(13-11-14)21(25(4,23)24)16(3)19(22)20-15(2)17-8-6-5-7-9-17/h5-13,15-16H,1-4H3,(H,20,22)/t15-,16-/m1/s1. The molecule has 0 unspecified atom stereocenters. The second-order valence-corrected chi connectivity index (χ2v) is 8.07. The number of anilines is 1. The first-order chi connectivity index (χ1) is 11.7. The Bertz CT molecular complexity index is 818. The van der Waals surface area contributed by atoms with Crippen LogP contribution in [0.5, 0.6) is 0 Å². The highest BCUT2D eigenvalue weighted by Crippen LogP contribution is 2.22. The molecule has 0 heterocycles. The SMILES string of the molecule is Cc1ccc(N([C@H](C)C(=O)N[C@H](C)c2ccccc2)S(C)(=O)=O)cc1. The van der Waals surface area contributed by atoms with Gasteiger partial charge in [0.15, 0.2) is 0 Å².